The van der Waals surface area contributed by atoms with Gasteiger partial charge in [0.25, 0.3) is 5.91 Å². The number of hydrazine groups is 1. The number of nitrogens with one attached hydrogen (secondary N) is 1. The van der Waals surface area contributed by atoms with Gasteiger partial charge in [-0.1, -0.05) is 20.3 Å². The second kappa shape index (κ2) is 7.63. The number of hydrogen-bond donors (Lipinski definition) is 2. The summed E-state index contributed by atoms with van der Waals surface area (Å²) in [6.45, 7) is 9.53. The van der Waals surface area contributed by atoms with Crippen LogP contribution >= 0.6 is 0 Å². The number of rotatable bonds is 6. The van der Waals surface area contributed by atoms with Gasteiger partial charge >= 0.3 is 0 Å². The largest absolute Gasteiger partial charge is 0.301 e. The van der Waals surface area contributed by atoms with E-state index >= 15 is 0 Å². The lowest BCUT2D eigenvalue weighted by atomic mass is 10.1. The number of amides is 1. The van der Waals surface area contributed by atoms with E-state index in [-0.39, 0.29) is 11.9 Å². The van der Waals surface area contributed by atoms with E-state index in [0.29, 0.717) is 0 Å². The van der Waals surface area contributed by atoms with Gasteiger partial charge in [-0.2, -0.15) is 0 Å². The number of carbonyl (C=O) groups excluding carboxylic acids is 1. The molecule has 1 aliphatic heterocycles. The summed E-state index contributed by atoms with van der Waals surface area (Å²) in [5.41, 5.74) is 2.29. The molecule has 0 aromatic heterocycles. The second-order valence-electron chi connectivity index (χ2n) is 4.69. The fourth-order valence-electron chi connectivity index (χ4n) is 2.46. The lowest BCUT2D eigenvalue weighted by molar-refractivity contribution is -0.127. The third-order valence-electron chi connectivity index (χ3n) is 3.39. The van der Waals surface area contributed by atoms with E-state index in [2.05, 4.69) is 29.1 Å². The number of carbonyl (C=O) groups is 1. The van der Waals surface area contributed by atoms with Gasteiger partial charge in [-0.25, -0.2) is 5.84 Å². The maximum Gasteiger partial charge on any atom is 0.251 e. The Balaban J connectivity index is 2.45. The average Bonchev–Trinajstić information content (AvgIpc) is 2.37. The Morgan fingerprint density at radius 2 is 1.88 bits per heavy atom. The molecule has 100 valence electrons. The van der Waals surface area contributed by atoms with Crippen molar-refractivity contribution >= 4 is 5.91 Å². The van der Waals surface area contributed by atoms with Crippen LogP contribution in [0.25, 0.3) is 0 Å². The van der Waals surface area contributed by atoms with E-state index < -0.39 is 0 Å². The zero-order valence-electron chi connectivity index (χ0n) is 11.1. The molecule has 0 saturated carbocycles. The first-order valence-electron chi connectivity index (χ1n) is 6.69. The highest BCUT2D eigenvalue weighted by atomic mass is 16.2. The van der Waals surface area contributed by atoms with Gasteiger partial charge in [0.1, 0.15) is 0 Å². The third-order valence-corrected chi connectivity index (χ3v) is 3.39. The van der Waals surface area contributed by atoms with E-state index in [1.807, 2.05) is 0 Å². The summed E-state index contributed by atoms with van der Waals surface area (Å²) in [7, 11) is 0. The first-order chi connectivity index (χ1) is 8.22. The van der Waals surface area contributed by atoms with Crippen LogP contribution in [-0.4, -0.2) is 54.5 Å². The van der Waals surface area contributed by atoms with Gasteiger partial charge in [0.05, 0.1) is 6.04 Å². The smallest absolute Gasteiger partial charge is 0.251 e. The maximum atomic E-state index is 11.7. The van der Waals surface area contributed by atoms with Crippen LogP contribution in [0, 0.1) is 0 Å². The molecule has 0 aromatic rings. The normalized spacial score (nSPS) is 20.2. The molecule has 0 aromatic carbocycles. The Bertz CT molecular complexity index is 227. The molecule has 1 heterocycles. The average molecular weight is 242 g/mol. The molecule has 1 aliphatic rings. The van der Waals surface area contributed by atoms with Gasteiger partial charge in [-0.15, -0.1) is 0 Å². The minimum Gasteiger partial charge on any atom is -0.301 e. The fourth-order valence-corrected chi connectivity index (χ4v) is 2.46. The summed E-state index contributed by atoms with van der Waals surface area (Å²) in [6.07, 6.45) is 3.09. The molecule has 0 bridgehead atoms. The zero-order chi connectivity index (χ0) is 12.7. The van der Waals surface area contributed by atoms with Gasteiger partial charge in [0, 0.05) is 26.2 Å². The Hall–Kier alpha value is -0.650. The molecule has 1 saturated heterocycles. The Morgan fingerprint density at radius 3 is 2.35 bits per heavy atom. The van der Waals surface area contributed by atoms with Crippen LogP contribution in [-0.2, 0) is 4.79 Å². The molecule has 1 atom stereocenters. The van der Waals surface area contributed by atoms with Gasteiger partial charge in [-0.05, 0) is 19.4 Å². The predicted molar refractivity (Wildman–Crippen MR) is 69.3 cm³/mol. The number of piperazine rings is 1. The first-order valence-corrected chi connectivity index (χ1v) is 6.69. The fraction of sp³-hybridized carbons (Fsp3) is 0.917. The molecule has 5 nitrogen and oxygen atoms in total. The topological polar surface area (TPSA) is 61.6 Å². The molecule has 1 unspecified atom stereocenters. The molecular formula is C12H26N4O. The summed E-state index contributed by atoms with van der Waals surface area (Å²) < 4.78 is 0. The lowest BCUT2D eigenvalue weighted by Crippen LogP contribution is -2.55. The summed E-state index contributed by atoms with van der Waals surface area (Å²) >= 11 is 0. The van der Waals surface area contributed by atoms with Gasteiger partial charge in [0.15, 0.2) is 0 Å². The van der Waals surface area contributed by atoms with Gasteiger partial charge < -0.3 is 4.90 Å². The van der Waals surface area contributed by atoms with Gasteiger partial charge in [0.2, 0.25) is 0 Å². The van der Waals surface area contributed by atoms with E-state index in [1.54, 1.807) is 0 Å². The zero-order valence-corrected chi connectivity index (χ0v) is 11.1. The maximum absolute atomic E-state index is 11.7. The summed E-state index contributed by atoms with van der Waals surface area (Å²) in [5, 5.41) is 0. The standard InChI is InChI=1S/C12H26N4O/c1-3-5-11(12(17)14-13)16-9-7-15(6-4-2)8-10-16/h11H,3-10,13H2,1-2H3,(H,14,17). The molecular weight excluding hydrogens is 216 g/mol. The van der Waals surface area contributed by atoms with Crippen molar-refractivity contribution in [2.45, 2.75) is 39.2 Å². The van der Waals surface area contributed by atoms with E-state index in [1.165, 1.54) is 6.42 Å². The number of hydrogen-bond acceptors (Lipinski definition) is 4. The van der Waals surface area contributed by atoms with Gasteiger partial charge in [-0.3, -0.25) is 15.1 Å². The molecule has 3 N–H and O–H groups in total. The quantitative estimate of drug-likeness (QED) is 0.396. The highest BCUT2D eigenvalue weighted by Crippen LogP contribution is 2.11. The van der Waals surface area contributed by atoms with Crippen LogP contribution in [0.15, 0.2) is 0 Å². The highest BCUT2D eigenvalue weighted by Gasteiger charge is 2.27. The minimum atomic E-state index is -0.0474. The van der Waals surface area contributed by atoms with Crippen LogP contribution in [0.2, 0.25) is 0 Å². The third kappa shape index (κ3) is 4.26. The Labute approximate surface area is 104 Å². The highest BCUT2D eigenvalue weighted by molar-refractivity contribution is 5.81. The van der Waals surface area contributed by atoms with E-state index in [4.69, 9.17) is 5.84 Å². The van der Waals surface area contributed by atoms with Crippen molar-refractivity contribution in [3.63, 3.8) is 0 Å². The monoisotopic (exact) mass is 242 g/mol. The van der Waals surface area contributed by atoms with Crippen LogP contribution in [0.3, 0.4) is 0 Å². The van der Waals surface area contributed by atoms with Crippen molar-refractivity contribution in [1.82, 2.24) is 15.2 Å². The second-order valence-corrected chi connectivity index (χ2v) is 4.69. The Kier molecular flexibility index (Phi) is 6.47. The van der Waals surface area contributed by atoms with Crippen LogP contribution in [0.1, 0.15) is 33.1 Å². The minimum absolute atomic E-state index is 0.0456. The molecule has 0 aliphatic carbocycles. The van der Waals surface area contributed by atoms with E-state index in [0.717, 1.165) is 45.6 Å². The Morgan fingerprint density at radius 1 is 1.24 bits per heavy atom. The van der Waals surface area contributed by atoms with Crippen molar-refractivity contribution in [1.29, 1.82) is 0 Å². The molecule has 0 radical (unpaired) electrons. The van der Waals surface area contributed by atoms with Crippen molar-refractivity contribution in [3.05, 3.63) is 0 Å². The van der Waals surface area contributed by atoms with Crippen molar-refractivity contribution in [3.8, 4) is 0 Å². The van der Waals surface area contributed by atoms with Crippen LogP contribution in [0.5, 0.6) is 0 Å². The summed E-state index contributed by atoms with van der Waals surface area (Å²) in [4.78, 5) is 16.4. The molecule has 5 heteroatoms. The number of nitrogens with two attached hydrogens (primary N) is 1. The van der Waals surface area contributed by atoms with Crippen molar-refractivity contribution in [2.75, 3.05) is 32.7 Å². The number of nitrogens with zero attached hydrogens (tertiary/aromatic N) is 2. The van der Waals surface area contributed by atoms with Crippen LogP contribution < -0.4 is 11.3 Å². The predicted octanol–water partition coefficient (Wildman–Crippen LogP) is 0.173. The summed E-state index contributed by atoms with van der Waals surface area (Å²) in [5.74, 6) is 5.20. The van der Waals surface area contributed by atoms with E-state index in [9.17, 15) is 4.79 Å². The SMILES string of the molecule is CCCC(C(=O)NN)N1CCN(CCC)CC1. The molecule has 1 amide bonds. The van der Waals surface area contributed by atoms with Crippen LogP contribution in [0.4, 0.5) is 0 Å². The molecule has 1 rings (SSSR count). The lowest BCUT2D eigenvalue weighted by Gasteiger charge is -2.38. The van der Waals surface area contributed by atoms with Crippen molar-refractivity contribution < 1.29 is 4.79 Å². The molecule has 17 heavy (non-hydrogen) atoms. The van der Waals surface area contributed by atoms with Crippen molar-refractivity contribution in [2.24, 2.45) is 5.84 Å². The molecule has 1 fully saturated rings. The molecule has 0 spiro atoms. The summed E-state index contributed by atoms with van der Waals surface area (Å²) in [6, 6.07) is -0.0474. The first kappa shape index (κ1) is 14.4.